The molecule has 1 aliphatic heterocycles. The summed E-state index contributed by atoms with van der Waals surface area (Å²) in [4.78, 5) is 14.9. The molecule has 0 bridgehead atoms. The largest absolute Gasteiger partial charge is 0.497 e. The molecule has 0 saturated carbocycles. The lowest BCUT2D eigenvalue weighted by atomic mass is 10.1. The van der Waals surface area contributed by atoms with Gasteiger partial charge in [-0.3, -0.25) is 0 Å². The predicted molar refractivity (Wildman–Crippen MR) is 94.9 cm³/mol. The van der Waals surface area contributed by atoms with Gasteiger partial charge in [0.25, 0.3) is 0 Å². The molecule has 1 aliphatic rings. The van der Waals surface area contributed by atoms with Gasteiger partial charge in [-0.25, -0.2) is 4.79 Å². The van der Waals surface area contributed by atoms with Crippen LogP contribution in [0.15, 0.2) is 51.0 Å². The van der Waals surface area contributed by atoms with Crippen molar-refractivity contribution in [1.82, 2.24) is 0 Å². The minimum Gasteiger partial charge on any atom is -0.497 e. The van der Waals surface area contributed by atoms with Crippen molar-refractivity contribution in [2.75, 3.05) is 13.7 Å². The fourth-order valence-electron chi connectivity index (χ4n) is 3.68. The smallest absolute Gasteiger partial charge is 0.336 e. The van der Waals surface area contributed by atoms with Gasteiger partial charge in [-0.1, -0.05) is 6.07 Å². The highest BCUT2D eigenvalue weighted by atomic mass is 32.1. The van der Waals surface area contributed by atoms with Crippen molar-refractivity contribution in [3.63, 3.8) is 0 Å². The van der Waals surface area contributed by atoms with Crippen molar-refractivity contribution >= 4 is 22.3 Å². The molecule has 5 heteroatoms. The zero-order valence-corrected chi connectivity index (χ0v) is 14.4. The van der Waals surface area contributed by atoms with Crippen LogP contribution in [-0.2, 0) is 6.54 Å². The molecule has 1 saturated heterocycles. The van der Waals surface area contributed by atoms with Crippen LogP contribution < -0.4 is 15.3 Å². The first-order valence-electron chi connectivity index (χ1n) is 8.23. The van der Waals surface area contributed by atoms with Gasteiger partial charge in [-0.2, -0.15) is 0 Å². The number of hydrogen-bond acceptors (Lipinski definition) is 4. The van der Waals surface area contributed by atoms with Crippen molar-refractivity contribution in [1.29, 1.82) is 0 Å². The van der Waals surface area contributed by atoms with E-state index in [4.69, 9.17) is 9.15 Å². The summed E-state index contributed by atoms with van der Waals surface area (Å²) >= 11 is 1.83. The Morgan fingerprint density at radius 3 is 3.04 bits per heavy atom. The molecular weight excluding hydrogens is 322 g/mol. The minimum absolute atomic E-state index is 0.294. The van der Waals surface area contributed by atoms with E-state index < -0.39 is 0 Å². The van der Waals surface area contributed by atoms with Crippen LogP contribution in [0, 0.1) is 0 Å². The normalized spacial score (nSPS) is 20.5. The van der Waals surface area contributed by atoms with Crippen LogP contribution in [0.25, 0.3) is 11.0 Å². The van der Waals surface area contributed by atoms with E-state index in [1.807, 2.05) is 23.5 Å². The lowest BCUT2D eigenvalue weighted by Crippen LogP contribution is -3.08. The molecule has 0 radical (unpaired) electrons. The highest BCUT2D eigenvalue weighted by Crippen LogP contribution is 2.25. The summed E-state index contributed by atoms with van der Waals surface area (Å²) in [6.07, 6.45) is 2.44. The first kappa shape index (κ1) is 15.4. The maximum absolute atomic E-state index is 12.0. The van der Waals surface area contributed by atoms with Crippen LogP contribution >= 0.6 is 11.3 Å². The number of fused-ring (bicyclic) bond motifs is 1. The van der Waals surface area contributed by atoms with Gasteiger partial charge in [-0.15, -0.1) is 11.3 Å². The molecule has 2 atom stereocenters. The second kappa shape index (κ2) is 6.42. The Morgan fingerprint density at radius 2 is 2.25 bits per heavy atom. The SMILES string of the molecule is COc1ccc2c(C[NH+]3CCC[C@@H]3c3cccs3)cc(=O)oc2c1. The number of nitrogens with one attached hydrogen (secondary N) is 1. The lowest BCUT2D eigenvalue weighted by Gasteiger charge is -2.21. The molecule has 24 heavy (non-hydrogen) atoms. The predicted octanol–water partition coefficient (Wildman–Crippen LogP) is 2.78. The molecule has 3 heterocycles. The standard InChI is InChI=1S/C19H19NO3S/c1-22-14-6-7-15-13(10-19(21)23-17(15)11-14)12-20-8-2-4-16(20)18-5-3-9-24-18/h3,5-7,9-11,16H,2,4,8,12H2,1H3/p+1/t16-/m1/s1. The monoisotopic (exact) mass is 342 g/mol. The number of methoxy groups -OCH3 is 1. The van der Waals surface area contributed by atoms with Gasteiger partial charge >= 0.3 is 5.63 Å². The maximum Gasteiger partial charge on any atom is 0.336 e. The summed E-state index contributed by atoms with van der Waals surface area (Å²) in [5.74, 6) is 0.702. The van der Waals surface area contributed by atoms with Gasteiger partial charge in [0.05, 0.1) is 18.5 Å². The fourth-order valence-corrected chi connectivity index (χ4v) is 4.60. The lowest BCUT2D eigenvalue weighted by molar-refractivity contribution is -0.931. The third-order valence-corrected chi connectivity index (χ3v) is 5.81. The molecule has 1 N–H and O–H groups in total. The van der Waals surface area contributed by atoms with Crippen LogP contribution in [0.1, 0.15) is 29.3 Å². The molecular formula is C19H20NO3S+. The number of hydrogen-bond donors (Lipinski definition) is 1. The van der Waals surface area contributed by atoms with Gasteiger partial charge < -0.3 is 14.1 Å². The summed E-state index contributed by atoms with van der Waals surface area (Å²) < 4.78 is 10.6. The Hall–Kier alpha value is -2.11. The molecule has 0 amide bonds. The van der Waals surface area contributed by atoms with E-state index in [1.165, 1.54) is 22.6 Å². The third kappa shape index (κ3) is 2.85. The number of likely N-dealkylation sites (tertiary alicyclic amines) is 1. The van der Waals surface area contributed by atoms with Crippen molar-refractivity contribution in [2.45, 2.75) is 25.4 Å². The minimum atomic E-state index is -0.294. The summed E-state index contributed by atoms with van der Waals surface area (Å²) in [5.41, 5.74) is 1.36. The molecule has 4 nitrogen and oxygen atoms in total. The molecule has 4 rings (SSSR count). The summed E-state index contributed by atoms with van der Waals surface area (Å²) in [6.45, 7) is 1.98. The van der Waals surface area contributed by atoms with Crippen LogP contribution in [0.2, 0.25) is 0 Å². The van der Waals surface area contributed by atoms with Crippen LogP contribution in [0.3, 0.4) is 0 Å². The first-order chi connectivity index (χ1) is 11.7. The molecule has 3 aromatic rings. The van der Waals surface area contributed by atoms with E-state index in [0.717, 1.165) is 24.0 Å². The second-order valence-corrected chi connectivity index (χ2v) is 7.23. The number of thiophene rings is 1. The molecule has 2 aromatic heterocycles. The van der Waals surface area contributed by atoms with Crippen molar-refractivity contribution in [3.05, 3.63) is 62.6 Å². The number of rotatable bonds is 4. The Kier molecular flexibility index (Phi) is 4.12. The van der Waals surface area contributed by atoms with E-state index in [0.29, 0.717) is 17.4 Å². The maximum atomic E-state index is 12.0. The van der Waals surface area contributed by atoms with E-state index in [9.17, 15) is 4.79 Å². The highest BCUT2D eigenvalue weighted by molar-refractivity contribution is 7.10. The van der Waals surface area contributed by atoms with Gasteiger partial charge in [0.2, 0.25) is 0 Å². The molecule has 1 unspecified atom stereocenters. The average Bonchev–Trinajstić information content (AvgIpc) is 3.25. The molecule has 0 aliphatic carbocycles. The summed E-state index contributed by atoms with van der Waals surface area (Å²) in [6, 6.07) is 12.2. The first-order valence-corrected chi connectivity index (χ1v) is 9.11. The molecule has 1 aromatic carbocycles. The zero-order valence-electron chi connectivity index (χ0n) is 13.6. The quantitative estimate of drug-likeness (QED) is 0.742. The topological polar surface area (TPSA) is 43.9 Å². The Balaban J connectivity index is 1.70. The number of benzene rings is 1. The van der Waals surface area contributed by atoms with E-state index >= 15 is 0 Å². The Morgan fingerprint density at radius 1 is 1.33 bits per heavy atom. The molecule has 1 fully saturated rings. The highest BCUT2D eigenvalue weighted by Gasteiger charge is 2.31. The third-order valence-electron chi connectivity index (χ3n) is 4.82. The Bertz CT molecular complexity index is 901. The van der Waals surface area contributed by atoms with Gasteiger partial charge in [-0.05, 0) is 23.6 Å². The molecule has 0 spiro atoms. The van der Waals surface area contributed by atoms with E-state index in [-0.39, 0.29) is 5.63 Å². The zero-order chi connectivity index (χ0) is 16.5. The average molecular weight is 342 g/mol. The van der Waals surface area contributed by atoms with Crippen molar-refractivity contribution in [3.8, 4) is 5.75 Å². The molecule has 124 valence electrons. The summed E-state index contributed by atoms with van der Waals surface area (Å²) in [5, 5.41) is 3.14. The van der Waals surface area contributed by atoms with Crippen LogP contribution in [0.4, 0.5) is 0 Å². The van der Waals surface area contributed by atoms with Crippen LogP contribution in [0.5, 0.6) is 5.75 Å². The second-order valence-electron chi connectivity index (χ2n) is 6.25. The fraction of sp³-hybridized carbons (Fsp3) is 0.316. The van der Waals surface area contributed by atoms with Gasteiger partial charge in [0.1, 0.15) is 23.9 Å². The number of quaternary nitrogens is 1. The van der Waals surface area contributed by atoms with Crippen molar-refractivity contribution < 1.29 is 14.1 Å². The summed E-state index contributed by atoms with van der Waals surface area (Å²) in [7, 11) is 1.61. The van der Waals surface area contributed by atoms with Crippen LogP contribution in [-0.4, -0.2) is 13.7 Å². The van der Waals surface area contributed by atoms with E-state index in [1.54, 1.807) is 19.2 Å². The van der Waals surface area contributed by atoms with E-state index in [2.05, 4.69) is 17.5 Å². The van der Waals surface area contributed by atoms with Gasteiger partial charge in [0.15, 0.2) is 0 Å². The van der Waals surface area contributed by atoms with Crippen molar-refractivity contribution in [2.24, 2.45) is 0 Å². The number of ether oxygens (including phenoxy) is 1. The Labute approximate surface area is 144 Å². The van der Waals surface area contributed by atoms with Gasteiger partial charge in [0, 0.05) is 35.9 Å².